The molecule has 4 nitrogen and oxygen atoms in total. The number of nitrogens with one attached hydrogen (secondary N) is 2. The monoisotopic (exact) mass is 220 g/mol. The summed E-state index contributed by atoms with van der Waals surface area (Å²) in [5, 5.41) is 7.07. The molecule has 1 aliphatic heterocycles. The standard InChI is InChI=1S/C12H20N4/c1-12(4-5-13-8-12)15-7-11-6-14-9-16(11)10-2-3-10/h6,9-10,13,15H,2-5,7-8H2,1H3. The Bertz CT molecular complexity index is 361. The van der Waals surface area contributed by atoms with E-state index < -0.39 is 0 Å². The maximum atomic E-state index is 4.26. The van der Waals surface area contributed by atoms with Crippen molar-refractivity contribution in [3.8, 4) is 0 Å². The third-order valence-electron chi connectivity index (χ3n) is 3.75. The van der Waals surface area contributed by atoms with Crippen molar-refractivity contribution in [2.24, 2.45) is 0 Å². The van der Waals surface area contributed by atoms with Crippen LogP contribution in [0.2, 0.25) is 0 Å². The fourth-order valence-electron chi connectivity index (χ4n) is 2.42. The van der Waals surface area contributed by atoms with Crippen LogP contribution in [0.1, 0.15) is 37.9 Å². The summed E-state index contributed by atoms with van der Waals surface area (Å²) in [6.07, 6.45) is 7.83. The summed E-state index contributed by atoms with van der Waals surface area (Å²) < 4.78 is 2.33. The van der Waals surface area contributed by atoms with Gasteiger partial charge in [-0.25, -0.2) is 4.98 Å². The molecule has 1 saturated carbocycles. The summed E-state index contributed by atoms with van der Waals surface area (Å²) in [5.41, 5.74) is 1.59. The lowest BCUT2D eigenvalue weighted by Crippen LogP contribution is -2.43. The van der Waals surface area contributed by atoms with Crippen molar-refractivity contribution in [3.63, 3.8) is 0 Å². The first-order valence-corrected chi connectivity index (χ1v) is 6.23. The molecule has 0 spiro atoms. The highest BCUT2D eigenvalue weighted by Crippen LogP contribution is 2.35. The van der Waals surface area contributed by atoms with Gasteiger partial charge in [0.2, 0.25) is 0 Å². The molecular formula is C12H20N4. The van der Waals surface area contributed by atoms with Crippen molar-refractivity contribution >= 4 is 0 Å². The molecule has 2 aliphatic rings. The SMILES string of the molecule is CC1(NCc2cncn2C2CC2)CCNC1. The number of rotatable bonds is 4. The van der Waals surface area contributed by atoms with Crippen molar-refractivity contribution in [2.45, 2.75) is 44.3 Å². The Kier molecular flexibility index (Phi) is 2.48. The first-order valence-electron chi connectivity index (χ1n) is 6.23. The van der Waals surface area contributed by atoms with Crippen LogP contribution in [0.25, 0.3) is 0 Å². The highest BCUT2D eigenvalue weighted by Gasteiger charge is 2.29. The molecule has 0 radical (unpaired) electrons. The second-order valence-corrected chi connectivity index (χ2v) is 5.36. The molecule has 1 unspecified atom stereocenters. The molecule has 1 atom stereocenters. The molecule has 0 amide bonds. The van der Waals surface area contributed by atoms with Crippen LogP contribution in [0.3, 0.4) is 0 Å². The van der Waals surface area contributed by atoms with Gasteiger partial charge in [0.05, 0.1) is 12.0 Å². The van der Waals surface area contributed by atoms with E-state index in [1.165, 1.54) is 25.0 Å². The molecule has 2 fully saturated rings. The maximum Gasteiger partial charge on any atom is 0.0951 e. The summed E-state index contributed by atoms with van der Waals surface area (Å²) in [6, 6.07) is 0.730. The van der Waals surface area contributed by atoms with Gasteiger partial charge in [-0.2, -0.15) is 0 Å². The van der Waals surface area contributed by atoms with Gasteiger partial charge in [-0.3, -0.25) is 0 Å². The Labute approximate surface area is 96.4 Å². The molecule has 1 aromatic heterocycles. The van der Waals surface area contributed by atoms with Crippen LogP contribution < -0.4 is 10.6 Å². The highest BCUT2D eigenvalue weighted by atomic mass is 15.1. The number of hydrogen-bond donors (Lipinski definition) is 2. The average molecular weight is 220 g/mol. The van der Waals surface area contributed by atoms with E-state index in [1.807, 2.05) is 12.5 Å². The van der Waals surface area contributed by atoms with E-state index in [9.17, 15) is 0 Å². The van der Waals surface area contributed by atoms with Crippen molar-refractivity contribution in [3.05, 3.63) is 18.2 Å². The molecule has 0 aromatic carbocycles. The fraction of sp³-hybridized carbons (Fsp3) is 0.750. The minimum Gasteiger partial charge on any atom is -0.330 e. The van der Waals surface area contributed by atoms with Gasteiger partial charge < -0.3 is 15.2 Å². The van der Waals surface area contributed by atoms with Crippen LogP contribution in [0.4, 0.5) is 0 Å². The quantitative estimate of drug-likeness (QED) is 0.797. The zero-order valence-corrected chi connectivity index (χ0v) is 9.87. The predicted octanol–water partition coefficient (Wildman–Crippen LogP) is 1.06. The first-order chi connectivity index (χ1) is 7.77. The molecule has 0 bridgehead atoms. The molecule has 1 aliphatic carbocycles. The van der Waals surface area contributed by atoms with E-state index in [0.29, 0.717) is 0 Å². The highest BCUT2D eigenvalue weighted by molar-refractivity contribution is 5.05. The van der Waals surface area contributed by atoms with Crippen LogP contribution >= 0.6 is 0 Å². The van der Waals surface area contributed by atoms with E-state index in [0.717, 1.165) is 25.7 Å². The van der Waals surface area contributed by atoms with Gasteiger partial charge in [-0.15, -0.1) is 0 Å². The Morgan fingerprint density at radius 2 is 2.50 bits per heavy atom. The largest absolute Gasteiger partial charge is 0.330 e. The summed E-state index contributed by atoms with van der Waals surface area (Å²) in [7, 11) is 0. The molecule has 2 N–H and O–H groups in total. The van der Waals surface area contributed by atoms with Gasteiger partial charge in [0.25, 0.3) is 0 Å². The van der Waals surface area contributed by atoms with Crippen molar-refractivity contribution in [2.75, 3.05) is 13.1 Å². The van der Waals surface area contributed by atoms with E-state index in [4.69, 9.17) is 0 Å². The summed E-state index contributed by atoms with van der Waals surface area (Å²) in [5.74, 6) is 0. The van der Waals surface area contributed by atoms with Gasteiger partial charge in [0.15, 0.2) is 0 Å². The molecule has 1 saturated heterocycles. The van der Waals surface area contributed by atoms with Gasteiger partial charge in [-0.1, -0.05) is 0 Å². The van der Waals surface area contributed by atoms with Crippen LogP contribution in [-0.2, 0) is 6.54 Å². The molecule has 1 aromatic rings. The third kappa shape index (κ3) is 1.99. The topological polar surface area (TPSA) is 41.9 Å². The minimum absolute atomic E-state index is 0.263. The maximum absolute atomic E-state index is 4.26. The van der Waals surface area contributed by atoms with Gasteiger partial charge in [0.1, 0.15) is 0 Å². The second-order valence-electron chi connectivity index (χ2n) is 5.36. The number of imidazole rings is 1. The number of nitrogens with zero attached hydrogens (tertiary/aromatic N) is 2. The van der Waals surface area contributed by atoms with Gasteiger partial charge >= 0.3 is 0 Å². The Morgan fingerprint density at radius 3 is 3.19 bits per heavy atom. The molecule has 4 heteroatoms. The van der Waals surface area contributed by atoms with Gasteiger partial charge in [0, 0.05) is 30.9 Å². The Hall–Kier alpha value is -0.870. The first kappa shape index (κ1) is 10.3. The average Bonchev–Trinajstić information content (AvgIpc) is 2.86. The fourth-order valence-corrected chi connectivity index (χ4v) is 2.42. The van der Waals surface area contributed by atoms with Crippen molar-refractivity contribution in [1.82, 2.24) is 20.2 Å². The molecular weight excluding hydrogens is 200 g/mol. The van der Waals surface area contributed by atoms with E-state index in [1.54, 1.807) is 0 Å². The molecule has 3 rings (SSSR count). The second kappa shape index (κ2) is 3.86. The summed E-state index contributed by atoms with van der Waals surface area (Å²) in [6.45, 7) is 5.44. The normalized spacial score (nSPS) is 29.8. The smallest absolute Gasteiger partial charge is 0.0951 e. The molecule has 16 heavy (non-hydrogen) atoms. The van der Waals surface area contributed by atoms with E-state index >= 15 is 0 Å². The zero-order chi connectivity index (χ0) is 11.0. The Morgan fingerprint density at radius 1 is 1.62 bits per heavy atom. The molecule has 88 valence electrons. The lowest BCUT2D eigenvalue weighted by Gasteiger charge is -2.24. The van der Waals surface area contributed by atoms with E-state index in [-0.39, 0.29) is 5.54 Å². The number of aromatic nitrogens is 2. The van der Waals surface area contributed by atoms with Crippen LogP contribution in [0, 0.1) is 0 Å². The summed E-state index contributed by atoms with van der Waals surface area (Å²) in [4.78, 5) is 4.26. The minimum atomic E-state index is 0.263. The van der Waals surface area contributed by atoms with Crippen LogP contribution in [0.5, 0.6) is 0 Å². The van der Waals surface area contributed by atoms with Crippen LogP contribution in [-0.4, -0.2) is 28.2 Å². The third-order valence-corrected chi connectivity index (χ3v) is 3.75. The lowest BCUT2D eigenvalue weighted by atomic mass is 10.0. The summed E-state index contributed by atoms with van der Waals surface area (Å²) >= 11 is 0. The van der Waals surface area contributed by atoms with Crippen molar-refractivity contribution < 1.29 is 0 Å². The van der Waals surface area contributed by atoms with E-state index in [2.05, 4.69) is 27.1 Å². The van der Waals surface area contributed by atoms with Gasteiger partial charge in [-0.05, 0) is 32.7 Å². The van der Waals surface area contributed by atoms with Crippen LogP contribution in [0.15, 0.2) is 12.5 Å². The van der Waals surface area contributed by atoms with Crippen molar-refractivity contribution in [1.29, 1.82) is 0 Å². The Balaban J connectivity index is 1.63. The predicted molar refractivity (Wildman–Crippen MR) is 63.2 cm³/mol. The lowest BCUT2D eigenvalue weighted by molar-refractivity contribution is 0.379. The zero-order valence-electron chi connectivity index (χ0n) is 9.87. The molecule has 2 heterocycles. The number of hydrogen-bond acceptors (Lipinski definition) is 3.